The molecule has 19 heteroatoms. The van der Waals surface area contributed by atoms with E-state index in [2.05, 4.69) is 17.2 Å². The Hall–Kier alpha value is -5.59. The molecule has 65 heavy (non-hydrogen) atoms. The van der Waals surface area contributed by atoms with Gasteiger partial charge in [-0.05, 0) is 61.3 Å². The number of halogens is 1. The smallest absolute Gasteiger partial charge is 0.267 e. The van der Waals surface area contributed by atoms with Crippen LogP contribution in [0.15, 0.2) is 72.1 Å². The van der Waals surface area contributed by atoms with Crippen molar-refractivity contribution in [2.75, 3.05) is 41.3 Å². The Balaban J connectivity index is 7.32. The summed E-state index contributed by atoms with van der Waals surface area (Å²) in [7, 11) is 5.59. The second kappa shape index (κ2) is 32.1. The van der Waals surface area contributed by atoms with Gasteiger partial charge < -0.3 is 44.9 Å². The molecule has 0 aliphatic rings. The largest absolute Gasteiger partial charge is 0.504 e. The first-order chi connectivity index (χ1) is 30.7. The average Bonchev–Trinajstić information content (AvgIpc) is 3.26. The molecule has 0 aliphatic carbocycles. The molecule has 0 aliphatic heterocycles. The zero-order chi connectivity index (χ0) is 49.8. The number of likely N-dealkylation sites (N-methyl/N-ethyl adjacent to an activating group) is 3. The molecule has 1 unspecified atom stereocenters. The van der Waals surface area contributed by atoms with E-state index in [1.165, 1.54) is 92.6 Å². The summed E-state index contributed by atoms with van der Waals surface area (Å²) in [6.07, 6.45) is 12.0. The van der Waals surface area contributed by atoms with Crippen LogP contribution in [0.5, 0.6) is 0 Å². The van der Waals surface area contributed by atoms with Crippen LogP contribution in [0.4, 0.5) is 0 Å². The minimum atomic E-state index is -1.56. The quantitative estimate of drug-likeness (QED) is 0.0169. The molecule has 0 aromatic rings. The Kier molecular flexibility index (Phi) is 29.4. The highest BCUT2D eigenvalue weighted by atomic mass is 35.5. The Morgan fingerprint density at radius 3 is 1.94 bits per heavy atom. The first-order valence-electron chi connectivity index (χ1n) is 21.5. The number of carbonyl (C=O) groups is 8. The molecule has 0 saturated heterocycles. The van der Waals surface area contributed by atoms with Crippen molar-refractivity contribution in [3.63, 3.8) is 0 Å². The SMILES string of the molecule is C=C/C=C(\C=C\Cl)C[C@@H](C(=O)N[C@@H](CC(=C/C=C/C(=O)NO)/C=C/OC)C(=O)N(C)[C@@H](CC(C)C)C(=O)NC(C(=O)N(CCCC)CC(=O)N(C)[C@H](C=O)CC(C)C)[C@@H](C)O)N(C)C=O. The zero-order valence-electron chi connectivity index (χ0n) is 39.6. The van der Waals surface area contributed by atoms with Crippen molar-refractivity contribution in [1.82, 2.24) is 35.7 Å². The van der Waals surface area contributed by atoms with Crippen molar-refractivity contribution in [2.24, 2.45) is 11.8 Å². The van der Waals surface area contributed by atoms with E-state index in [-0.39, 0.29) is 37.6 Å². The van der Waals surface area contributed by atoms with Crippen LogP contribution in [0, 0.1) is 11.8 Å². The van der Waals surface area contributed by atoms with E-state index in [1.54, 1.807) is 6.08 Å². The monoisotopic (exact) mass is 933 g/mol. The number of ether oxygens (including phenoxy) is 1. The molecular weight excluding hydrogens is 862 g/mol. The first-order valence-corrected chi connectivity index (χ1v) is 21.9. The van der Waals surface area contributed by atoms with Crippen LogP contribution in [-0.4, -0.2) is 156 Å². The van der Waals surface area contributed by atoms with Gasteiger partial charge in [-0.1, -0.05) is 83.5 Å². The molecule has 7 amide bonds. The highest BCUT2D eigenvalue weighted by molar-refractivity contribution is 6.25. The number of aliphatic hydroxyl groups excluding tert-OH is 1. The lowest BCUT2D eigenvalue weighted by atomic mass is 9.98. The van der Waals surface area contributed by atoms with Gasteiger partial charge in [-0.15, -0.1) is 0 Å². The third-order valence-electron chi connectivity index (χ3n) is 10.2. The summed E-state index contributed by atoms with van der Waals surface area (Å²) in [6, 6.07) is -6.17. The topological polar surface area (TPSA) is 235 Å². The second-order valence-electron chi connectivity index (χ2n) is 16.4. The second-order valence-corrected chi connectivity index (χ2v) is 16.7. The fourth-order valence-corrected chi connectivity index (χ4v) is 6.64. The zero-order valence-corrected chi connectivity index (χ0v) is 40.3. The fraction of sp³-hybridized carbons (Fsp3) is 0.565. The van der Waals surface area contributed by atoms with Crippen LogP contribution in [0.25, 0.3) is 0 Å². The van der Waals surface area contributed by atoms with E-state index < -0.39 is 78.3 Å². The van der Waals surface area contributed by atoms with Crippen molar-refractivity contribution >= 4 is 59.7 Å². The van der Waals surface area contributed by atoms with Crippen LogP contribution in [-0.2, 0) is 43.1 Å². The summed E-state index contributed by atoms with van der Waals surface area (Å²) < 4.78 is 5.09. The number of nitrogens with one attached hydrogen (secondary N) is 3. The maximum absolute atomic E-state index is 14.8. The number of rotatable bonds is 31. The van der Waals surface area contributed by atoms with Gasteiger partial charge in [-0.3, -0.25) is 38.8 Å². The molecule has 0 heterocycles. The third kappa shape index (κ3) is 21.8. The molecule has 0 fully saturated rings. The van der Waals surface area contributed by atoms with Crippen molar-refractivity contribution in [3.05, 3.63) is 72.1 Å². The van der Waals surface area contributed by atoms with Crippen LogP contribution in [0.3, 0.4) is 0 Å². The van der Waals surface area contributed by atoms with Gasteiger partial charge in [0.05, 0.1) is 32.1 Å². The summed E-state index contributed by atoms with van der Waals surface area (Å²) in [5.41, 5.74) is 3.56. The van der Waals surface area contributed by atoms with Gasteiger partial charge in [-0.25, -0.2) is 5.48 Å². The molecule has 0 aromatic heterocycles. The maximum atomic E-state index is 14.8. The Morgan fingerprint density at radius 1 is 0.815 bits per heavy atom. The highest BCUT2D eigenvalue weighted by Gasteiger charge is 2.38. The molecule has 0 radical (unpaired) electrons. The molecular formula is C46H72ClN7O11. The summed E-state index contributed by atoms with van der Waals surface area (Å²) >= 11 is 5.84. The van der Waals surface area contributed by atoms with Crippen molar-refractivity contribution in [1.29, 1.82) is 0 Å². The van der Waals surface area contributed by atoms with Gasteiger partial charge in [-0.2, -0.15) is 0 Å². The maximum Gasteiger partial charge on any atom is 0.267 e. The van der Waals surface area contributed by atoms with Crippen molar-refractivity contribution in [2.45, 2.75) is 116 Å². The number of hydrogen-bond acceptors (Lipinski definition) is 11. The number of amides is 7. The fourth-order valence-electron chi connectivity index (χ4n) is 6.48. The van der Waals surface area contributed by atoms with Crippen molar-refractivity contribution < 1.29 is 53.4 Å². The van der Waals surface area contributed by atoms with E-state index in [0.29, 0.717) is 43.1 Å². The number of carbonyl (C=O) groups excluding carboxylic acids is 8. The normalized spacial score (nSPS) is 14.9. The molecule has 5 N–H and O–H groups in total. The van der Waals surface area contributed by atoms with E-state index in [0.717, 1.165) is 15.9 Å². The van der Waals surface area contributed by atoms with Crippen molar-refractivity contribution in [3.8, 4) is 0 Å². The van der Waals surface area contributed by atoms with E-state index >= 15 is 0 Å². The lowest BCUT2D eigenvalue weighted by Gasteiger charge is -2.35. The molecule has 0 bridgehead atoms. The lowest BCUT2D eigenvalue weighted by molar-refractivity contribution is -0.147. The number of methoxy groups -OCH3 is 1. The van der Waals surface area contributed by atoms with Crippen LogP contribution >= 0.6 is 11.6 Å². The molecule has 0 spiro atoms. The predicted octanol–water partition coefficient (Wildman–Crippen LogP) is 3.16. The number of nitrogens with zero attached hydrogens (tertiary/aromatic N) is 4. The molecule has 0 saturated carbocycles. The summed E-state index contributed by atoms with van der Waals surface area (Å²) in [6.45, 7) is 14.0. The minimum Gasteiger partial charge on any atom is -0.504 e. The minimum absolute atomic E-state index is 0.0434. The molecule has 364 valence electrons. The lowest BCUT2D eigenvalue weighted by Crippen LogP contribution is -2.61. The Bertz CT molecular complexity index is 1740. The predicted molar refractivity (Wildman–Crippen MR) is 249 cm³/mol. The number of hydroxylamine groups is 1. The molecule has 18 nitrogen and oxygen atoms in total. The van der Waals surface area contributed by atoms with E-state index in [1.807, 2.05) is 34.6 Å². The highest BCUT2D eigenvalue weighted by Crippen LogP contribution is 2.19. The van der Waals surface area contributed by atoms with E-state index in [4.69, 9.17) is 21.5 Å². The standard InChI is InChI=1S/C46H72ClN7O11/c1-12-14-22-54(28-41(59)52(9)36(29-55)24-31(3)4)46(63)42(33(7)57)49-44(61)39(25-32(5)6)53(10)45(62)37(26-35(20-23-65-11)17-15-18-40(58)50-64)48-43(60)38(51(8)30-56)27-34(16-13-2)19-21-47/h13,15-21,23,29-33,36-39,42,57,64H,2,12,14,22,24-28H2,1,3-11H3,(H,48,60)(H,49,61)(H,50,58)/b18-15+,21-19+,23-20+,34-16+,35-17+/t33-,36+,37+,38+,39+,42?/m1/s1. The van der Waals surface area contributed by atoms with Gasteiger partial charge >= 0.3 is 0 Å². The molecule has 0 rings (SSSR count). The Labute approximate surface area is 389 Å². The van der Waals surface area contributed by atoms with Crippen LogP contribution in [0.2, 0.25) is 0 Å². The number of aldehydes is 1. The van der Waals surface area contributed by atoms with Gasteiger partial charge in [0.2, 0.25) is 35.9 Å². The molecule has 6 atom stereocenters. The number of hydrogen-bond donors (Lipinski definition) is 5. The summed E-state index contributed by atoms with van der Waals surface area (Å²) in [5, 5.41) is 25.3. The third-order valence-corrected chi connectivity index (χ3v) is 10.3. The number of aliphatic hydroxyl groups is 1. The summed E-state index contributed by atoms with van der Waals surface area (Å²) in [4.78, 5) is 111. The van der Waals surface area contributed by atoms with Crippen LogP contribution in [0.1, 0.15) is 80.1 Å². The van der Waals surface area contributed by atoms with Gasteiger partial charge in [0.1, 0.15) is 30.5 Å². The summed E-state index contributed by atoms with van der Waals surface area (Å²) in [5.74, 6) is -4.54. The average molecular weight is 935 g/mol. The van der Waals surface area contributed by atoms with Crippen LogP contribution < -0.4 is 16.1 Å². The molecule has 0 aromatic carbocycles. The van der Waals surface area contributed by atoms with E-state index in [9.17, 15) is 43.5 Å². The first kappa shape index (κ1) is 59.4. The van der Waals surface area contributed by atoms with Gasteiger partial charge in [0, 0.05) is 52.1 Å². The number of unbranched alkanes of at least 4 members (excludes halogenated alkanes) is 1. The van der Waals surface area contributed by atoms with Gasteiger partial charge in [0.25, 0.3) is 5.91 Å². The van der Waals surface area contributed by atoms with Gasteiger partial charge in [0.15, 0.2) is 0 Å². The Morgan fingerprint density at radius 2 is 1.43 bits per heavy atom. The number of allylic oxidation sites excluding steroid dienone is 6.